The number of nitrogen functional groups attached to an aromatic ring is 2. The first kappa shape index (κ1) is 8.72. The molecule has 1 spiro atoms. The van der Waals surface area contributed by atoms with Crippen molar-refractivity contribution in [3.05, 3.63) is 5.56 Å². The normalized spacial score (nSPS) is 28.0. The van der Waals surface area contributed by atoms with Crippen LogP contribution in [0.25, 0.3) is 0 Å². The Labute approximate surface area is 87.0 Å². The van der Waals surface area contributed by atoms with E-state index in [0.29, 0.717) is 11.7 Å². The highest BCUT2D eigenvalue weighted by atomic mass is 16.5. The van der Waals surface area contributed by atoms with Crippen molar-refractivity contribution in [3.8, 4) is 5.88 Å². The topological polar surface area (TPSA) is 99.1 Å². The summed E-state index contributed by atoms with van der Waals surface area (Å²) in [4.78, 5) is 8.01. The fourth-order valence-corrected chi connectivity index (χ4v) is 2.27. The lowest BCUT2D eigenvalue weighted by molar-refractivity contribution is 0.113. The molecule has 5 N–H and O–H groups in total. The van der Waals surface area contributed by atoms with Crippen LogP contribution >= 0.6 is 0 Å². The van der Waals surface area contributed by atoms with E-state index in [9.17, 15) is 0 Å². The number of nitrogens with one attached hydrogen (secondary N) is 1. The van der Waals surface area contributed by atoms with Gasteiger partial charge in [-0.15, -0.1) is 0 Å². The molecule has 0 bridgehead atoms. The van der Waals surface area contributed by atoms with Crippen LogP contribution in [-0.4, -0.2) is 28.7 Å². The van der Waals surface area contributed by atoms with E-state index in [2.05, 4.69) is 15.3 Å². The summed E-state index contributed by atoms with van der Waals surface area (Å²) in [7, 11) is 0. The lowest BCUT2D eigenvalue weighted by atomic mass is 9.97. The summed E-state index contributed by atoms with van der Waals surface area (Å²) >= 11 is 0. The minimum atomic E-state index is -0.168. The van der Waals surface area contributed by atoms with E-state index in [1.807, 2.05) is 0 Å². The number of anilines is 2. The highest BCUT2D eigenvalue weighted by molar-refractivity contribution is 5.52. The van der Waals surface area contributed by atoms with Crippen LogP contribution in [0.15, 0.2) is 0 Å². The van der Waals surface area contributed by atoms with Gasteiger partial charge in [0.1, 0.15) is 11.4 Å². The second-order valence-corrected chi connectivity index (χ2v) is 4.14. The zero-order valence-corrected chi connectivity index (χ0v) is 8.29. The summed E-state index contributed by atoms with van der Waals surface area (Å²) in [5, 5.41) is 3.28. The van der Waals surface area contributed by atoms with E-state index in [1.54, 1.807) is 0 Å². The molecule has 0 aliphatic carbocycles. The smallest absolute Gasteiger partial charge is 0.225 e. The van der Waals surface area contributed by atoms with Crippen molar-refractivity contribution in [3.63, 3.8) is 0 Å². The van der Waals surface area contributed by atoms with Crippen molar-refractivity contribution < 1.29 is 4.74 Å². The molecule has 80 valence electrons. The number of hydrogen-bond acceptors (Lipinski definition) is 6. The molecule has 6 heteroatoms. The zero-order valence-electron chi connectivity index (χ0n) is 8.29. The number of nitrogens with two attached hydrogens (primary N) is 2. The zero-order chi connectivity index (χ0) is 10.5. The average Bonchev–Trinajstić information content (AvgIpc) is 2.74. The van der Waals surface area contributed by atoms with Gasteiger partial charge in [-0.2, -0.15) is 9.97 Å². The first-order chi connectivity index (χ1) is 7.19. The summed E-state index contributed by atoms with van der Waals surface area (Å²) in [6.07, 6.45) is 1.75. The van der Waals surface area contributed by atoms with Crippen molar-refractivity contribution in [1.82, 2.24) is 15.3 Å². The number of ether oxygens (including phenoxy) is 1. The second kappa shape index (κ2) is 2.73. The van der Waals surface area contributed by atoms with Gasteiger partial charge >= 0.3 is 0 Å². The standard InChI is InChI=1S/C9H13N5O/c10-6-5-3-9(1-2-12-4-9)15-7(5)14-8(11)13-6/h12H,1-4H2,(H4,10,11,13,14)/t9-/m1/s1. The van der Waals surface area contributed by atoms with E-state index in [-0.39, 0.29) is 11.5 Å². The molecule has 1 aromatic rings. The third-order valence-electron chi connectivity index (χ3n) is 3.04. The third kappa shape index (κ3) is 1.21. The van der Waals surface area contributed by atoms with Gasteiger partial charge in [0.25, 0.3) is 0 Å². The molecule has 6 nitrogen and oxygen atoms in total. The van der Waals surface area contributed by atoms with Crippen LogP contribution in [0.5, 0.6) is 5.88 Å². The molecule has 3 heterocycles. The van der Waals surface area contributed by atoms with Gasteiger partial charge in [-0.25, -0.2) is 0 Å². The fourth-order valence-electron chi connectivity index (χ4n) is 2.27. The van der Waals surface area contributed by atoms with Crippen molar-refractivity contribution >= 4 is 11.8 Å². The SMILES string of the molecule is Nc1nc(N)c2c(n1)O[C@]1(CCNC1)C2. The molecular weight excluding hydrogens is 194 g/mol. The molecule has 2 aliphatic heterocycles. The Hall–Kier alpha value is -1.56. The Morgan fingerprint density at radius 1 is 1.33 bits per heavy atom. The van der Waals surface area contributed by atoms with E-state index < -0.39 is 0 Å². The summed E-state index contributed by atoms with van der Waals surface area (Å²) in [5.74, 6) is 1.18. The Bertz CT molecular complexity index is 413. The van der Waals surface area contributed by atoms with Gasteiger partial charge in [0.2, 0.25) is 11.8 Å². The quantitative estimate of drug-likeness (QED) is 0.520. The molecular formula is C9H13N5O. The first-order valence-corrected chi connectivity index (χ1v) is 5.00. The highest BCUT2D eigenvalue weighted by Crippen LogP contribution is 2.39. The number of rotatable bonds is 0. The van der Waals surface area contributed by atoms with Gasteiger partial charge in [0, 0.05) is 19.4 Å². The summed E-state index contributed by atoms with van der Waals surface area (Å²) in [6.45, 7) is 1.81. The molecule has 2 aliphatic rings. The maximum Gasteiger partial charge on any atom is 0.225 e. The fraction of sp³-hybridized carbons (Fsp3) is 0.556. The Balaban J connectivity index is 2.02. The molecule has 0 aromatic carbocycles. The monoisotopic (exact) mass is 207 g/mol. The molecule has 1 aromatic heterocycles. The molecule has 3 rings (SSSR count). The maximum absolute atomic E-state index is 5.84. The van der Waals surface area contributed by atoms with Crippen LogP contribution in [0.1, 0.15) is 12.0 Å². The minimum absolute atomic E-state index is 0.168. The van der Waals surface area contributed by atoms with E-state index in [0.717, 1.165) is 31.5 Å². The van der Waals surface area contributed by atoms with Crippen molar-refractivity contribution in [2.75, 3.05) is 24.6 Å². The number of fused-ring (bicyclic) bond motifs is 1. The molecule has 0 unspecified atom stereocenters. The highest BCUT2D eigenvalue weighted by Gasteiger charge is 2.44. The predicted molar refractivity (Wildman–Crippen MR) is 55.4 cm³/mol. The Kier molecular flexibility index (Phi) is 1.59. The van der Waals surface area contributed by atoms with Gasteiger partial charge in [0.15, 0.2) is 0 Å². The van der Waals surface area contributed by atoms with Crippen LogP contribution in [0.2, 0.25) is 0 Å². The van der Waals surface area contributed by atoms with Crippen molar-refractivity contribution in [1.29, 1.82) is 0 Å². The largest absolute Gasteiger partial charge is 0.469 e. The van der Waals surface area contributed by atoms with E-state index in [1.165, 1.54) is 0 Å². The Morgan fingerprint density at radius 3 is 2.93 bits per heavy atom. The lowest BCUT2D eigenvalue weighted by Gasteiger charge is -2.20. The molecule has 15 heavy (non-hydrogen) atoms. The molecule has 0 saturated carbocycles. The number of aromatic nitrogens is 2. The first-order valence-electron chi connectivity index (χ1n) is 5.00. The van der Waals surface area contributed by atoms with Gasteiger partial charge in [-0.05, 0) is 6.54 Å². The van der Waals surface area contributed by atoms with Crippen LogP contribution in [0.3, 0.4) is 0 Å². The number of nitrogens with zero attached hydrogens (tertiary/aromatic N) is 2. The van der Waals surface area contributed by atoms with Gasteiger partial charge in [-0.3, -0.25) is 0 Å². The minimum Gasteiger partial charge on any atom is -0.469 e. The van der Waals surface area contributed by atoms with Crippen molar-refractivity contribution in [2.24, 2.45) is 0 Å². The summed E-state index contributed by atoms with van der Waals surface area (Å²) in [5.41, 5.74) is 12.0. The molecule has 0 amide bonds. The van der Waals surface area contributed by atoms with Crippen LogP contribution in [-0.2, 0) is 6.42 Å². The number of hydrogen-bond donors (Lipinski definition) is 3. The van der Waals surface area contributed by atoms with Crippen LogP contribution in [0.4, 0.5) is 11.8 Å². The summed E-state index contributed by atoms with van der Waals surface area (Å²) < 4.78 is 5.84. The van der Waals surface area contributed by atoms with Gasteiger partial charge in [-0.1, -0.05) is 0 Å². The Morgan fingerprint density at radius 2 is 2.20 bits per heavy atom. The van der Waals surface area contributed by atoms with Gasteiger partial charge < -0.3 is 21.5 Å². The van der Waals surface area contributed by atoms with E-state index in [4.69, 9.17) is 16.2 Å². The second-order valence-electron chi connectivity index (χ2n) is 4.14. The van der Waals surface area contributed by atoms with Crippen molar-refractivity contribution in [2.45, 2.75) is 18.4 Å². The van der Waals surface area contributed by atoms with Crippen LogP contribution in [0, 0.1) is 0 Å². The molecule has 1 fully saturated rings. The van der Waals surface area contributed by atoms with Crippen LogP contribution < -0.4 is 21.5 Å². The third-order valence-corrected chi connectivity index (χ3v) is 3.04. The van der Waals surface area contributed by atoms with Gasteiger partial charge in [0.05, 0.1) is 5.56 Å². The maximum atomic E-state index is 5.84. The van der Waals surface area contributed by atoms with E-state index >= 15 is 0 Å². The molecule has 1 atom stereocenters. The predicted octanol–water partition coefficient (Wildman–Crippen LogP) is -0.692. The molecule has 1 saturated heterocycles. The lowest BCUT2D eigenvalue weighted by Crippen LogP contribution is -2.36. The average molecular weight is 207 g/mol. The summed E-state index contributed by atoms with van der Waals surface area (Å²) in [6, 6.07) is 0. The molecule has 0 radical (unpaired) electrons.